The highest BCUT2D eigenvalue weighted by Gasteiger charge is 2.36. The molecule has 2 N–H and O–H groups in total. The summed E-state index contributed by atoms with van der Waals surface area (Å²) in [6.45, 7) is 1.63. The summed E-state index contributed by atoms with van der Waals surface area (Å²) in [5, 5.41) is 13.7. The van der Waals surface area contributed by atoms with Crippen LogP contribution in [0.4, 0.5) is 0 Å². The van der Waals surface area contributed by atoms with E-state index in [-0.39, 0.29) is 29.3 Å². The number of amides is 1. The number of pyridine rings is 1. The van der Waals surface area contributed by atoms with Gasteiger partial charge in [0.05, 0.1) is 17.7 Å². The molecule has 0 bridgehead atoms. The molecule has 0 radical (unpaired) electrons. The summed E-state index contributed by atoms with van der Waals surface area (Å²) >= 11 is 0. The van der Waals surface area contributed by atoms with Crippen molar-refractivity contribution in [3.63, 3.8) is 0 Å². The lowest BCUT2D eigenvalue weighted by Crippen LogP contribution is -2.41. The van der Waals surface area contributed by atoms with E-state index in [1.165, 1.54) is 12.1 Å². The third-order valence-corrected chi connectivity index (χ3v) is 4.99. The molecule has 1 aliphatic carbocycles. The van der Waals surface area contributed by atoms with Gasteiger partial charge in [0.1, 0.15) is 5.76 Å². The van der Waals surface area contributed by atoms with Gasteiger partial charge in [-0.15, -0.1) is 0 Å². The number of hydrogen-bond donors (Lipinski definition) is 2. The van der Waals surface area contributed by atoms with Crippen LogP contribution in [0.25, 0.3) is 10.9 Å². The van der Waals surface area contributed by atoms with Gasteiger partial charge in [0, 0.05) is 23.7 Å². The number of benzene rings is 1. The Bertz CT molecular complexity index is 1050. The molecule has 2 heterocycles. The summed E-state index contributed by atoms with van der Waals surface area (Å²) in [5.41, 5.74) is 1.48. The normalized spacial score (nSPS) is 20.1. The van der Waals surface area contributed by atoms with E-state index in [1.807, 2.05) is 30.3 Å². The number of aliphatic hydroxyl groups excluding tert-OH is 1. The Morgan fingerprint density at radius 2 is 2.04 bits per heavy atom. The number of rotatable bonds is 4. The smallest absolute Gasteiger partial charge is 0.287 e. The summed E-state index contributed by atoms with van der Waals surface area (Å²) in [6, 6.07) is 12.0. The first-order valence-corrected chi connectivity index (χ1v) is 8.95. The minimum atomic E-state index is -0.449. The van der Waals surface area contributed by atoms with Gasteiger partial charge in [-0.05, 0) is 43.4 Å². The van der Waals surface area contributed by atoms with Gasteiger partial charge in [-0.1, -0.05) is 18.2 Å². The predicted molar refractivity (Wildman–Crippen MR) is 100 cm³/mol. The van der Waals surface area contributed by atoms with Crippen LogP contribution in [0, 0.1) is 12.8 Å². The van der Waals surface area contributed by atoms with Gasteiger partial charge in [0.2, 0.25) is 0 Å². The zero-order valence-corrected chi connectivity index (χ0v) is 14.9. The molecule has 1 amide bonds. The summed E-state index contributed by atoms with van der Waals surface area (Å²) < 4.78 is 5.40. The standard InChI is InChI=1S/C21H20N2O4/c1-12-6-16(24)10-19(27-12)21(26)23-20(14-8-17(25)9-14)15-7-13-4-2-3-5-18(13)22-11-15/h2-7,10-11,14,17,20,25H,8-9H2,1H3,(H,23,26). The summed E-state index contributed by atoms with van der Waals surface area (Å²) in [4.78, 5) is 28.9. The van der Waals surface area contributed by atoms with Gasteiger partial charge in [0.15, 0.2) is 11.2 Å². The fraction of sp³-hybridized carbons (Fsp3) is 0.286. The van der Waals surface area contributed by atoms with Crippen molar-refractivity contribution in [3.05, 3.63) is 76.0 Å². The molecule has 1 aliphatic rings. The van der Waals surface area contributed by atoms with E-state index < -0.39 is 5.91 Å². The van der Waals surface area contributed by atoms with Crippen LogP contribution in [0.2, 0.25) is 0 Å². The van der Waals surface area contributed by atoms with Crippen LogP contribution < -0.4 is 10.7 Å². The van der Waals surface area contributed by atoms with Crippen LogP contribution in [0.1, 0.15) is 40.8 Å². The molecule has 2 aromatic heterocycles. The minimum absolute atomic E-state index is 0.0152. The third-order valence-electron chi connectivity index (χ3n) is 4.99. The molecule has 0 spiro atoms. The number of fused-ring (bicyclic) bond motifs is 1. The average Bonchev–Trinajstić information content (AvgIpc) is 2.62. The Morgan fingerprint density at radius 3 is 2.78 bits per heavy atom. The maximum Gasteiger partial charge on any atom is 0.287 e. The van der Waals surface area contributed by atoms with Gasteiger partial charge in [-0.2, -0.15) is 0 Å². The first kappa shape index (κ1) is 17.4. The molecular weight excluding hydrogens is 344 g/mol. The van der Waals surface area contributed by atoms with Crippen molar-refractivity contribution in [1.82, 2.24) is 10.3 Å². The largest absolute Gasteiger partial charge is 0.456 e. The van der Waals surface area contributed by atoms with Gasteiger partial charge < -0.3 is 14.8 Å². The molecule has 1 fully saturated rings. The zero-order valence-electron chi connectivity index (χ0n) is 14.9. The molecule has 1 unspecified atom stereocenters. The van der Waals surface area contributed by atoms with Crippen LogP contribution >= 0.6 is 0 Å². The lowest BCUT2D eigenvalue weighted by molar-refractivity contribution is 0.0231. The first-order valence-electron chi connectivity index (χ1n) is 8.95. The van der Waals surface area contributed by atoms with Gasteiger partial charge in [-0.25, -0.2) is 0 Å². The molecule has 3 aromatic rings. The number of aryl methyl sites for hydroxylation is 1. The molecule has 4 rings (SSSR count). The van der Waals surface area contributed by atoms with E-state index in [9.17, 15) is 14.7 Å². The van der Waals surface area contributed by atoms with Crippen LogP contribution in [0.3, 0.4) is 0 Å². The van der Waals surface area contributed by atoms with Crippen LogP contribution in [-0.4, -0.2) is 22.1 Å². The highest BCUT2D eigenvalue weighted by Crippen LogP contribution is 2.38. The lowest BCUT2D eigenvalue weighted by atomic mass is 9.75. The Labute approximate surface area is 155 Å². The van der Waals surface area contributed by atoms with E-state index in [0.717, 1.165) is 16.5 Å². The van der Waals surface area contributed by atoms with Crippen LogP contribution in [0.15, 0.2) is 57.9 Å². The number of aliphatic hydroxyl groups is 1. The van der Waals surface area contributed by atoms with E-state index in [0.29, 0.717) is 18.6 Å². The Hall–Kier alpha value is -2.99. The number of nitrogens with zero attached hydrogens (tertiary/aromatic N) is 1. The van der Waals surface area contributed by atoms with Crippen molar-refractivity contribution < 1.29 is 14.3 Å². The number of carbonyl (C=O) groups is 1. The first-order chi connectivity index (χ1) is 13.0. The van der Waals surface area contributed by atoms with Crippen LogP contribution in [0.5, 0.6) is 0 Å². The maximum atomic E-state index is 12.7. The second-order valence-electron chi connectivity index (χ2n) is 7.07. The Kier molecular flexibility index (Phi) is 4.49. The van der Waals surface area contributed by atoms with Crippen molar-refractivity contribution >= 4 is 16.8 Å². The van der Waals surface area contributed by atoms with E-state index >= 15 is 0 Å². The second-order valence-corrected chi connectivity index (χ2v) is 7.07. The van der Waals surface area contributed by atoms with E-state index in [1.54, 1.807) is 13.1 Å². The molecule has 1 aromatic carbocycles. The number of hydrogen-bond acceptors (Lipinski definition) is 5. The molecule has 6 nitrogen and oxygen atoms in total. The van der Waals surface area contributed by atoms with Gasteiger partial charge in [-0.3, -0.25) is 14.6 Å². The summed E-state index contributed by atoms with van der Waals surface area (Å²) in [6.07, 6.45) is 2.62. The fourth-order valence-electron chi connectivity index (χ4n) is 3.56. The average molecular weight is 364 g/mol. The van der Waals surface area contributed by atoms with Gasteiger partial charge in [0.25, 0.3) is 5.91 Å². The zero-order chi connectivity index (χ0) is 19.0. The summed E-state index contributed by atoms with van der Waals surface area (Å²) in [5.74, 6) is 0.0213. The van der Waals surface area contributed by atoms with E-state index in [4.69, 9.17) is 4.42 Å². The maximum absolute atomic E-state index is 12.7. The van der Waals surface area contributed by atoms with Gasteiger partial charge >= 0.3 is 0 Å². The number of carbonyl (C=O) groups excluding carboxylic acids is 1. The fourth-order valence-corrected chi connectivity index (χ4v) is 3.56. The monoisotopic (exact) mass is 364 g/mol. The topological polar surface area (TPSA) is 92.4 Å². The highest BCUT2D eigenvalue weighted by molar-refractivity contribution is 5.91. The molecule has 138 valence electrons. The number of aromatic nitrogens is 1. The molecule has 1 saturated carbocycles. The predicted octanol–water partition coefficient (Wildman–Crippen LogP) is 2.74. The van der Waals surface area contributed by atoms with Crippen molar-refractivity contribution in [2.45, 2.75) is 31.9 Å². The summed E-state index contributed by atoms with van der Waals surface area (Å²) in [7, 11) is 0. The van der Waals surface area contributed by atoms with E-state index in [2.05, 4.69) is 10.3 Å². The Balaban J connectivity index is 1.66. The quantitative estimate of drug-likeness (QED) is 0.743. The molecule has 1 atom stereocenters. The van der Waals surface area contributed by atoms with Crippen molar-refractivity contribution in [3.8, 4) is 0 Å². The third kappa shape index (κ3) is 3.61. The lowest BCUT2D eigenvalue weighted by Gasteiger charge is -2.38. The number of nitrogens with one attached hydrogen (secondary N) is 1. The number of para-hydroxylation sites is 1. The van der Waals surface area contributed by atoms with Crippen molar-refractivity contribution in [1.29, 1.82) is 0 Å². The SMILES string of the molecule is Cc1cc(=O)cc(C(=O)NC(c2cnc3ccccc3c2)C2CC(O)C2)o1. The highest BCUT2D eigenvalue weighted by atomic mass is 16.3. The second kappa shape index (κ2) is 6.96. The minimum Gasteiger partial charge on any atom is -0.456 e. The molecule has 0 aliphatic heterocycles. The van der Waals surface area contributed by atoms with Crippen LogP contribution in [-0.2, 0) is 0 Å². The molecule has 0 saturated heterocycles. The van der Waals surface area contributed by atoms with Crippen molar-refractivity contribution in [2.24, 2.45) is 5.92 Å². The molecular formula is C21H20N2O4. The van der Waals surface area contributed by atoms with Crippen molar-refractivity contribution in [2.75, 3.05) is 0 Å². The Morgan fingerprint density at radius 1 is 1.26 bits per heavy atom. The molecule has 27 heavy (non-hydrogen) atoms. The molecule has 6 heteroatoms.